The molecule has 0 aliphatic carbocycles. The fourth-order valence-electron chi connectivity index (χ4n) is 3.40. The van der Waals surface area contributed by atoms with Crippen molar-refractivity contribution < 1.29 is 9.59 Å². The van der Waals surface area contributed by atoms with Gasteiger partial charge in [-0.05, 0) is 47.9 Å². The van der Waals surface area contributed by atoms with Crippen LogP contribution in [0.1, 0.15) is 11.1 Å². The fourth-order valence-corrected chi connectivity index (χ4v) is 4.23. The first-order chi connectivity index (χ1) is 14.7. The van der Waals surface area contributed by atoms with Crippen LogP contribution in [0.3, 0.4) is 0 Å². The van der Waals surface area contributed by atoms with E-state index in [-0.39, 0.29) is 11.8 Å². The number of amides is 2. The Labute approximate surface area is 180 Å². The fraction of sp³-hybridized carbons (Fsp3) is 0.120. The molecule has 1 aliphatic heterocycles. The van der Waals surface area contributed by atoms with E-state index in [0.29, 0.717) is 11.4 Å². The number of para-hydroxylation sites is 1. The number of nitrogens with zero attached hydrogens (tertiary/aromatic N) is 1. The molecule has 4 nitrogen and oxygen atoms in total. The van der Waals surface area contributed by atoms with E-state index in [1.165, 1.54) is 23.4 Å². The molecule has 0 spiro atoms. The van der Waals surface area contributed by atoms with E-state index in [4.69, 9.17) is 0 Å². The van der Waals surface area contributed by atoms with Gasteiger partial charge in [-0.15, -0.1) is 11.8 Å². The predicted octanol–water partition coefficient (Wildman–Crippen LogP) is 5.02. The normalized spacial score (nSPS) is 12.7. The summed E-state index contributed by atoms with van der Waals surface area (Å²) in [7, 11) is 0. The van der Waals surface area contributed by atoms with E-state index in [1.807, 2.05) is 77.7 Å². The highest BCUT2D eigenvalue weighted by Gasteiger charge is 2.23. The maximum atomic E-state index is 12.7. The van der Waals surface area contributed by atoms with Crippen LogP contribution in [0, 0.1) is 0 Å². The van der Waals surface area contributed by atoms with Crippen molar-refractivity contribution in [3.05, 3.63) is 96.1 Å². The Morgan fingerprint density at radius 3 is 2.63 bits per heavy atom. The van der Waals surface area contributed by atoms with Crippen LogP contribution in [0.4, 0.5) is 11.4 Å². The van der Waals surface area contributed by atoms with Crippen LogP contribution in [-0.4, -0.2) is 24.1 Å². The summed E-state index contributed by atoms with van der Waals surface area (Å²) < 4.78 is 0. The number of hydrogen-bond acceptors (Lipinski definition) is 3. The molecule has 1 aliphatic rings. The van der Waals surface area contributed by atoms with Crippen molar-refractivity contribution >= 4 is 41.0 Å². The Hall–Kier alpha value is -3.31. The van der Waals surface area contributed by atoms with Crippen LogP contribution in [0.15, 0.2) is 89.8 Å². The first-order valence-electron chi connectivity index (χ1n) is 9.84. The lowest BCUT2D eigenvalue weighted by Crippen LogP contribution is -2.30. The van der Waals surface area contributed by atoms with Gasteiger partial charge in [0.1, 0.15) is 0 Å². The number of carbonyl (C=O) groups is 2. The second-order valence-electron chi connectivity index (χ2n) is 6.97. The molecule has 0 fully saturated rings. The van der Waals surface area contributed by atoms with E-state index in [2.05, 4.69) is 11.4 Å². The second kappa shape index (κ2) is 9.46. The number of nitrogens with one attached hydrogen (secondary N) is 1. The smallest absolute Gasteiger partial charge is 0.248 e. The van der Waals surface area contributed by atoms with Crippen molar-refractivity contribution in [3.8, 4) is 0 Å². The Morgan fingerprint density at radius 1 is 0.967 bits per heavy atom. The zero-order chi connectivity index (χ0) is 20.8. The summed E-state index contributed by atoms with van der Waals surface area (Å²) >= 11 is 1.48. The van der Waals surface area contributed by atoms with Crippen LogP contribution in [0.25, 0.3) is 6.08 Å². The van der Waals surface area contributed by atoms with Gasteiger partial charge in [0.2, 0.25) is 11.8 Å². The number of benzene rings is 3. The Kier molecular flexibility index (Phi) is 6.30. The van der Waals surface area contributed by atoms with Gasteiger partial charge in [0.25, 0.3) is 0 Å². The van der Waals surface area contributed by atoms with Gasteiger partial charge >= 0.3 is 0 Å². The number of anilines is 2. The van der Waals surface area contributed by atoms with Crippen molar-refractivity contribution in [1.82, 2.24) is 0 Å². The van der Waals surface area contributed by atoms with E-state index >= 15 is 0 Å². The summed E-state index contributed by atoms with van der Waals surface area (Å²) in [5.41, 5.74) is 3.93. The molecule has 1 heterocycles. The largest absolute Gasteiger partial charge is 0.322 e. The molecule has 0 saturated heterocycles. The zero-order valence-corrected chi connectivity index (χ0v) is 17.3. The summed E-state index contributed by atoms with van der Waals surface area (Å²) in [5.74, 6) is 0.274. The Morgan fingerprint density at radius 2 is 1.77 bits per heavy atom. The van der Waals surface area contributed by atoms with Gasteiger partial charge < -0.3 is 10.2 Å². The molecule has 30 heavy (non-hydrogen) atoms. The summed E-state index contributed by atoms with van der Waals surface area (Å²) in [4.78, 5) is 27.7. The molecule has 150 valence electrons. The third kappa shape index (κ3) is 4.99. The average Bonchev–Trinajstić information content (AvgIpc) is 3.21. The van der Waals surface area contributed by atoms with E-state index < -0.39 is 0 Å². The first kappa shape index (κ1) is 20.0. The molecule has 0 radical (unpaired) electrons. The van der Waals surface area contributed by atoms with Crippen LogP contribution in [0.2, 0.25) is 0 Å². The molecule has 0 atom stereocenters. The molecule has 3 aromatic rings. The number of fused-ring (bicyclic) bond motifs is 1. The van der Waals surface area contributed by atoms with Crippen LogP contribution in [0.5, 0.6) is 0 Å². The van der Waals surface area contributed by atoms with E-state index in [0.717, 1.165) is 29.1 Å². The topological polar surface area (TPSA) is 49.4 Å². The summed E-state index contributed by atoms with van der Waals surface area (Å²) in [6.45, 7) is 0.739. The van der Waals surface area contributed by atoms with Crippen molar-refractivity contribution in [2.24, 2.45) is 0 Å². The summed E-state index contributed by atoms with van der Waals surface area (Å²) in [6.07, 6.45) is 4.20. The average molecular weight is 415 g/mol. The van der Waals surface area contributed by atoms with Crippen molar-refractivity contribution in [1.29, 1.82) is 0 Å². The van der Waals surface area contributed by atoms with E-state index in [1.54, 1.807) is 6.08 Å². The maximum absolute atomic E-state index is 12.7. The monoisotopic (exact) mass is 414 g/mol. The molecular formula is C25H22N2O2S. The van der Waals surface area contributed by atoms with Crippen molar-refractivity contribution in [3.63, 3.8) is 0 Å². The number of hydrogen-bond donors (Lipinski definition) is 1. The molecule has 2 amide bonds. The van der Waals surface area contributed by atoms with Crippen LogP contribution in [-0.2, 0) is 16.0 Å². The van der Waals surface area contributed by atoms with Crippen molar-refractivity contribution in [2.45, 2.75) is 11.3 Å². The molecule has 5 heteroatoms. The number of rotatable bonds is 6. The summed E-state index contributed by atoms with van der Waals surface area (Å²) in [5, 5.41) is 2.87. The molecule has 4 rings (SSSR count). The van der Waals surface area contributed by atoms with E-state index in [9.17, 15) is 9.59 Å². The molecule has 0 saturated carbocycles. The molecule has 3 aromatic carbocycles. The third-order valence-electron chi connectivity index (χ3n) is 4.88. The molecular weight excluding hydrogens is 392 g/mol. The lowest BCUT2D eigenvalue weighted by molar-refractivity contribution is -0.116. The lowest BCUT2D eigenvalue weighted by atomic mass is 10.2. The quantitative estimate of drug-likeness (QED) is 0.455. The van der Waals surface area contributed by atoms with Gasteiger partial charge in [0.05, 0.1) is 5.75 Å². The number of thioether (sulfide) groups is 1. The summed E-state index contributed by atoms with van der Waals surface area (Å²) in [6, 6.07) is 25.3. The maximum Gasteiger partial charge on any atom is 0.248 e. The van der Waals surface area contributed by atoms with Gasteiger partial charge in [-0.25, -0.2) is 0 Å². The second-order valence-corrected chi connectivity index (χ2v) is 8.02. The van der Waals surface area contributed by atoms with Gasteiger partial charge in [-0.1, -0.05) is 54.6 Å². The zero-order valence-electron chi connectivity index (χ0n) is 16.5. The van der Waals surface area contributed by atoms with Crippen molar-refractivity contribution in [2.75, 3.05) is 22.5 Å². The van der Waals surface area contributed by atoms with Gasteiger partial charge in [0, 0.05) is 28.9 Å². The number of carbonyl (C=O) groups excluding carboxylic acids is 2. The molecule has 0 unspecified atom stereocenters. The highest BCUT2D eigenvalue weighted by atomic mass is 32.2. The highest BCUT2D eigenvalue weighted by molar-refractivity contribution is 8.00. The van der Waals surface area contributed by atoms with Gasteiger partial charge in [0.15, 0.2) is 0 Å². The standard InChI is InChI=1S/C25H22N2O2S/c28-24(14-13-19-7-2-1-3-8-19)26-21-10-6-11-22(17-21)30-18-25(29)27-16-15-20-9-4-5-12-23(20)27/h1-14,17H,15-16,18H2,(H,26,28)/b14-13+. The predicted molar refractivity (Wildman–Crippen MR) is 124 cm³/mol. The highest BCUT2D eigenvalue weighted by Crippen LogP contribution is 2.29. The van der Waals surface area contributed by atoms with Gasteiger partial charge in [-0.2, -0.15) is 0 Å². The Bertz CT molecular complexity index is 1080. The van der Waals surface area contributed by atoms with Crippen LogP contribution >= 0.6 is 11.8 Å². The first-order valence-corrected chi connectivity index (χ1v) is 10.8. The minimum atomic E-state index is -0.189. The SMILES string of the molecule is O=C(/C=C/c1ccccc1)Nc1cccc(SCC(=O)N2CCc3ccccc32)c1. The van der Waals surface area contributed by atoms with Gasteiger partial charge in [-0.3, -0.25) is 9.59 Å². The minimum Gasteiger partial charge on any atom is -0.322 e. The molecule has 1 N–H and O–H groups in total. The molecule has 0 aromatic heterocycles. The third-order valence-corrected chi connectivity index (χ3v) is 5.86. The lowest BCUT2D eigenvalue weighted by Gasteiger charge is -2.17. The molecule has 0 bridgehead atoms. The minimum absolute atomic E-state index is 0.102. The van der Waals surface area contributed by atoms with Crippen LogP contribution < -0.4 is 10.2 Å². The Balaban J connectivity index is 1.33.